The van der Waals surface area contributed by atoms with Gasteiger partial charge >= 0.3 is 0 Å². The maximum Gasteiger partial charge on any atom is 0.143 e. The lowest BCUT2D eigenvalue weighted by Crippen LogP contribution is -2.41. The first-order valence-corrected chi connectivity index (χ1v) is 6.05. The van der Waals surface area contributed by atoms with Crippen molar-refractivity contribution in [2.75, 3.05) is 13.1 Å². The van der Waals surface area contributed by atoms with Gasteiger partial charge in [-0.15, -0.1) is 0 Å². The summed E-state index contributed by atoms with van der Waals surface area (Å²) in [5, 5.41) is 3.32. The molecule has 2 nitrogen and oxygen atoms in total. The highest BCUT2D eigenvalue weighted by Gasteiger charge is 2.36. The van der Waals surface area contributed by atoms with Gasteiger partial charge in [-0.05, 0) is 38.8 Å². The Balaban J connectivity index is 2.63. The molecule has 0 amide bonds. The van der Waals surface area contributed by atoms with Gasteiger partial charge in [0.05, 0.1) is 0 Å². The second-order valence-electron chi connectivity index (χ2n) is 4.59. The molecule has 0 atom stereocenters. The van der Waals surface area contributed by atoms with Crippen molar-refractivity contribution in [1.82, 2.24) is 5.32 Å². The van der Waals surface area contributed by atoms with Gasteiger partial charge in [0.25, 0.3) is 0 Å². The van der Waals surface area contributed by atoms with E-state index in [2.05, 4.69) is 25.7 Å². The normalized spacial score (nSPS) is 19.9. The highest BCUT2D eigenvalue weighted by molar-refractivity contribution is 5.86. The summed E-state index contributed by atoms with van der Waals surface area (Å²) >= 11 is 0. The van der Waals surface area contributed by atoms with Gasteiger partial charge in [-0.3, -0.25) is 4.79 Å². The van der Waals surface area contributed by atoms with Crippen LogP contribution in [0.5, 0.6) is 0 Å². The predicted octanol–water partition coefficient (Wildman–Crippen LogP) is 2.69. The fourth-order valence-electron chi connectivity index (χ4n) is 2.27. The first-order valence-electron chi connectivity index (χ1n) is 6.05. The standard InChI is InChI=1S/C13H23NO/c1-4-11(3)10-12(15)13(5-2)6-8-14-9-7-13/h14H,3-10H2,1-2H3. The predicted molar refractivity (Wildman–Crippen MR) is 63.9 cm³/mol. The van der Waals surface area contributed by atoms with Gasteiger partial charge in [0.15, 0.2) is 0 Å². The number of carbonyl (C=O) groups excluding carboxylic acids is 1. The summed E-state index contributed by atoms with van der Waals surface area (Å²) in [5.74, 6) is 0.415. The van der Waals surface area contributed by atoms with E-state index in [9.17, 15) is 4.79 Å². The van der Waals surface area contributed by atoms with Gasteiger partial charge in [-0.25, -0.2) is 0 Å². The zero-order valence-electron chi connectivity index (χ0n) is 10.1. The molecule has 0 aromatic carbocycles. The summed E-state index contributed by atoms with van der Waals surface area (Å²) in [7, 11) is 0. The van der Waals surface area contributed by atoms with E-state index < -0.39 is 0 Å². The Kier molecular flexibility index (Phi) is 4.52. The number of hydrogen-bond donors (Lipinski definition) is 1. The van der Waals surface area contributed by atoms with Crippen molar-refractivity contribution >= 4 is 5.78 Å². The third-order valence-electron chi connectivity index (χ3n) is 3.74. The lowest BCUT2D eigenvalue weighted by Gasteiger charge is -2.35. The third-order valence-corrected chi connectivity index (χ3v) is 3.74. The van der Waals surface area contributed by atoms with E-state index >= 15 is 0 Å². The molecule has 0 bridgehead atoms. The molecule has 1 rings (SSSR count). The first kappa shape index (κ1) is 12.4. The molecule has 0 aromatic rings. The second kappa shape index (κ2) is 5.45. The number of hydrogen-bond acceptors (Lipinski definition) is 2. The minimum Gasteiger partial charge on any atom is -0.317 e. The molecule has 0 saturated carbocycles. The van der Waals surface area contributed by atoms with Crippen molar-refractivity contribution in [3.8, 4) is 0 Å². The SMILES string of the molecule is C=C(CC)CC(=O)C1(CC)CCNCC1. The molecule has 15 heavy (non-hydrogen) atoms. The van der Waals surface area contributed by atoms with Crippen LogP contribution in [0.1, 0.15) is 46.0 Å². The van der Waals surface area contributed by atoms with Crippen LogP contribution in [0.15, 0.2) is 12.2 Å². The summed E-state index contributed by atoms with van der Waals surface area (Å²) < 4.78 is 0. The molecule has 1 saturated heterocycles. The van der Waals surface area contributed by atoms with Crippen molar-refractivity contribution in [3.05, 3.63) is 12.2 Å². The molecular formula is C13H23NO. The zero-order valence-corrected chi connectivity index (χ0v) is 10.1. The van der Waals surface area contributed by atoms with Crippen LogP contribution in [0.2, 0.25) is 0 Å². The summed E-state index contributed by atoms with van der Waals surface area (Å²) in [5.41, 5.74) is 1.02. The minimum atomic E-state index is -0.0522. The highest BCUT2D eigenvalue weighted by Crippen LogP contribution is 2.35. The van der Waals surface area contributed by atoms with Crippen LogP contribution in [0.4, 0.5) is 0 Å². The van der Waals surface area contributed by atoms with Crippen LogP contribution >= 0.6 is 0 Å². The topological polar surface area (TPSA) is 29.1 Å². The van der Waals surface area contributed by atoms with E-state index in [1.54, 1.807) is 0 Å². The Morgan fingerprint density at radius 3 is 2.40 bits per heavy atom. The Bertz CT molecular complexity index is 239. The molecule has 86 valence electrons. The molecule has 1 aliphatic heterocycles. The van der Waals surface area contributed by atoms with E-state index in [-0.39, 0.29) is 5.41 Å². The van der Waals surface area contributed by atoms with E-state index in [4.69, 9.17) is 0 Å². The summed E-state index contributed by atoms with van der Waals surface area (Å²) in [6.45, 7) is 10.1. The van der Waals surface area contributed by atoms with E-state index in [0.717, 1.165) is 44.3 Å². The van der Waals surface area contributed by atoms with Crippen molar-refractivity contribution in [2.24, 2.45) is 5.41 Å². The van der Waals surface area contributed by atoms with Crippen LogP contribution in [0.25, 0.3) is 0 Å². The van der Waals surface area contributed by atoms with Gasteiger partial charge in [-0.1, -0.05) is 26.0 Å². The minimum absolute atomic E-state index is 0.0522. The average molecular weight is 209 g/mol. The zero-order chi connectivity index (χ0) is 11.3. The molecular weight excluding hydrogens is 186 g/mol. The largest absolute Gasteiger partial charge is 0.317 e. The van der Waals surface area contributed by atoms with Crippen LogP contribution in [0.3, 0.4) is 0 Å². The van der Waals surface area contributed by atoms with Gasteiger partial charge in [0.2, 0.25) is 0 Å². The maximum absolute atomic E-state index is 12.2. The Morgan fingerprint density at radius 1 is 1.33 bits per heavy atom. The van der Waals surface area contributed by atoms with Gasteiger partial charge < -0.3 is 5.32 Å². The van der Waals surface area contributed by atoms with Crippen molar-refractivity contribution in [2.45, 2.75) is 46.0 Å². The maximum atomic E-state index is 12.2. The summed E-state index contributed by atoms with van der Waals surface area (Å²) in [4.78, 5) is 12.2. The van der Waals surface area contributed by atoms with Gasteiger partial charge in [0, 0.05) is 11.8 Å². The van der Waals surface area contributed by atoms with E-state index in [1.807, 2.05) is 0 Å². The van der Waals surface area contributed by atoms with Crippen LogP contribution in [-0.2, 0) is 4.79 Å². The number of ketones is 1. The number of nitrogens with one attached hydrogen (secondary N) is 1. The quantitative estimate of drug-likeness (QED) is 0.705. The van der Waals surface area contributed by atoms with Crippen molar-refractivity contribution < 1.29 is 4.79 Å². The highest BCUT2D eigenvalue weighted by atomic mass is 16.1. The number of piperidine rings is 1. The van der Waals surface area contributed by atoms with Crippen molar-refractivity contribution in [3.63, 3.8) is 0 Å². The summed E-state index contributed by atoms with van der Waals surface area (Å²) in [6, 6.07) is 0. The molecule has 1 fully saturated rings. The smallest absolute Gasteiger partial charge is 0.143 e. The molecule has 1 N–H and O–H groups in total. The molecule has 0 spiro atoms. The van der Waals surface area contributed by atoms with E-state index in [1.165, 1.54) is 0 Å². The van der Waals surface area contributed by atoms with Crippen LogP contribution in [-0.4, -0.2) is 18.9 Å². The van der Waals surface area contributed by atoms with E-state index in [0.29, 0.717) is 12.2 Å². The molecule has 0 unspecified atom stereocenters. The fourth-order valence-corrected chi connectivity index (χ4v) is 2.27. The second-order valence-corrected chi connectivity index (χ2v) is 4.59. The molecule has 0 aromatic heterocycles. The average Bonchev–Trinajstić information content (AvgIpc) is 2.29. The number of Topliss-reactive ketones (excluding diaryl/α,β-unsaturated/α-hetero) is 1. The number of carbonyl (C=O) groups is 1. The lowest BCUT2D eigenvalue weighted by atomic mass is 9.71. The van der Waals surface area contributed by atoms with Gasteiger partial charge in [-0.2, -0.15) is 0 Å². The molecule has 0 radical (unpaired) electrons. The van der Waals surface area contributed by atoms with Crippen LogP contribution < -0.4 is 5.32 Å². The molecule has 1 aliphatic rings. The molecule has 1 heterocycles. The molecule has 0 aliphatic carbocycles. The van der Waals surface area contributed by atoms with Crippen molar-refractivity contribution in [1.29, 1.82) is 0 Å². The number of rotatable bonds is 5. The molecule has 2 heteroatoms. The summed E-state index contributed by atoms with van der Waals surface area (Å²) in [6.07, 6.45) is 4.48. The van der Waals surface area contributed by atoms with Gasteiger partial charge in [0.1, 0.15) is 5.78 Å². The Hall–Kier alpha value is -0.630. The van der Waals surface area contributed by atoms with Crippen LogP contribution in [0, 0.1) is 5.41 Å². The fraction of sp³-hybridized carbons (Fsp3) is 0.769. The monoisotopic (exact) mass is 209 g/mol. The lowest BCUT2D eigenvalue weighted by molar-refractivity contribution is -0.129. The first-order chi connectivity index (χ1) is 7.14. The number of allylic oxidation sites excluding steroid dienone is 1. The third kappa shape index (κ3) is 2.91. The Labute approximate surface area is 93.1 Å². The Morgan fingerprint density at radius 2 is 1.93 bits per heavy atom.